The number of anilines is 2. The zero-order valence-corrected chi connectivity index (χ0v) is 17.5. The van der Waals surface area contributed by atoms with Crippen molar-refractivity contribution in [2.24, 2.45) is 0 Å². The summed E-state index contributed by atoms with van der Waals surface area (Å²) in [7, 11) is 0. The maximum absolute atomic E-state index is 13.0. The Balaban J connectivity index is 1.55. The van der Waals surface area contributed by atoms with E-state index in [1.165, 1.54) is 22.0 Å². The lowest BCUT2D eigenvalue weighted by Crippen LogP contribution is -2.17. The van der Waals surface area contributed by atoms with Gasteiger partial charge in [0.05, 0.1) is 5.56 Å². The van der Waals surface area contributed by atoms with Gasteiger partial charge in [-0.25, -0.2) is 0 Å². The predicted molar refractivity (Wildman–Crippen MR) is 121 cm³/mol. The lowest BCUT2D eigenvalue weighted by molar-refractivity contribution is 0.0947. The molecule has 0 atom stereocenters. The Morgan fingerprint density at radius 3 is 2.06 bits per heavy atom. The number of benzene rings is 2. The number of aryl methyl sites for hydroxylation is 2. The lowest BCUT2D eigenvalue weighted by atomic mass is 10.1. The lowest BCUT2D eigenvalue weighted by Gasteiger charge is -2.07. The molecule has 7 heteroatoms. The van der Waals surface area contributed by atoms with Gasteiger partial charge >= 0.3 is 0 Å². The van der Waals surface area contributed by atoms with Crippen molar-refractivity contribution in [3.63, 3.8) is 0 Å². The number of hydrogen-bond donors (Lipinski definition) is 2. The maximum atomic E-state index is 13.0. The summed E-state index contributed by atoms with van der Waals surface area (Å²) in [5, 5.41) is 10.8. The molecule has 0 unspecified atom stereocenters. The van der Waals surface area contributed by atoms with Crippen molar-refractivity contribution in [3.8, 4) is 0 Å². The smallest absolute Gasteiger partial charge is 0.283 e. The highest BCUT2D eigenvalue weighted by atomic mass is 16.2. The summed E-state index contributed by atoms with van der Waals surface area (Å²) in [4.78, 5) is 21.5. The van der Waals surface area contributed by atoms with Crippen molar-refractivity contribution in [3.05, 3.63) is 101 Å². The van der Waals surface area contributed by atoms with Gasteiger partial charge in [-0.3, -0.25) is 9.78 Å². The van der Waals surface area contributed by atoms with Crippen molar-refractivity contribution in [2.75, 3.05) is 10.6 Å². The van der Waals surface area contributed by atoms with Crippen molar-refractivity contribution in [1.82, 2.24) is 19.7 Å². The number of carbonyl (C=O) groups is 1. The third-order valence-electron chi connectivity index (χ3n) is 4.85. The van der Waals surface area contributed by atoms with E-state index in [-0.39, 0.29) is 5.91 Å². The SMILES string of the molecule is Cc1ccc(CNc2nc(NCc3ccc(C)cc3)n(C(=O)c3cccnc3)n2)cc1. The number of nitrogens with zero attached hydrogens (tertiary/aromatic N) is 4. The molecule has 0 aliphatic heterocycles. The summed E-state index contributed by atoms with van der Waals surface area (Å²) in [6.45, 7) is 5.18. The van der Waals surface area contributed by atoms with Crippen LogP contribution in [0.1, 0.15) is 32.6 Å². The minimum Gasteiger partial charge on any atom is -0.350 e. The molecule has 0 aliphatic rings. The van der Waals surface area contributed by atoms with Crippen molar-refractivity contribution in [2.45, 2.75) is 26.9 Å². The minimum atomic E-state index is -0.296. The first-order valence-electron chi connectivity index (χ1n) is 10.1. The van der Waals surface area contributed by atoms with Crippen LogP contribution >= 0.6 is 0 Å². The van der Waals surface area contributed by atoms with Gasteiger partial charge < -0.3 is 10.6 Å². The van der Waals surface area contributed by atoms with Gasteiger partial charge in [0.1, 0.15) is 0 Å². The van der Waals surface area contributed by atoms with E-state index in [4.69, 9.17) is 0 Å². The fourth-order valence-corrected chi connectivity index (χ4v) is 3.03. The Morgan fingerprint density at radius 2 is 1.48 bits per heavy atom. The number of hydrogen-bond acceptors (Lipinski definition) is 6. The van der Waals surface area contributed by atoms with Crippen LogP contribution in [0, 0.1) is 13.8 Å². The molecule has 2 N–H and O–H groups in total. The van der Waals surface area contributed by atoms with E-state index in [1.54, 1.807) is 18.3 Å². The third-order valence-corrected chi connectivity index (χ3v) is 4.85. The van der Waals surface area contributed by atoms with Crippen LogP contribution in [-0.4, -0.2) is 25.7 Å². The van der Waals surface area contributed by atoms with E-state index in [0.717, 1.165) is 11.1 Å². The quantitative estimate of drug-likeness (QED) is 0.473. The van der Waals surface area contributed by atoms with Crippen LogP contribution in [0.15, 0.2) is 73.1 Å². The summed E-state index contributed by atoms with van der Waals surface area (Å²) in [5.41, 5.74) is 5.03. The van der Waals surface area contributed by atoms with E-state index < -0.39 is 0 Å². The van der Waals surface area contributed by atoms with Gasteiger partial charge in [0.2, 0.25) is 11.9 Å². The van der Waals surface area contributed by atoms with Gasteiger partial charge in [0.25, 0.3) is 5.91 Å². The van der Waals surface area contributed by atoms with E-state index in [1.807, 2.05) is 19.1 Å². The average molecular weight is 412 g/mol. The zero-order chi connectivity index (χ0) is 21.6. The Morgan fingerprint density at radius 1 is 0.871 bits per heavy atom. The summed E-state index contributed by atoms with van der Waals surface area (Å²) >= 11 is 0. The monoisotopic (exact) mass is 412 g/mol. The second-order valence-corrected chi connectivity index (χ2v) is 7.40. The summed E-state index contributed by atoms with van der Waals surface area (Å²) in [5.74, 6) is 0.459. The van der Waals surface area contributed by atoms with Crippen LogP contribution in [0.2, 0.25) is 0 Å². The molecular weight excluding hydrogens is 388 g/mol. The van der Waals surface area contributed by atoms with Gasteiger partial charge in [0, 0.05) is 25.5 Å². The van der Waals surface area contributed by atoms with E-state index >= 15 is 0 Å². The molecule has 7 nitrogen and oxygen atoms in total. The fraction of sp³-hybridized carbons (Fsp3) is 0.167. The zero-order valence-electron chi connectivity index (χ0n) is 17.5. The van der Waals surface area contributed by atoms with E-state index in [2.05, 4.69) is 69.0 Å². The molecule has 0 bridgehead atoms. The topological polar surface area (TPSA) is 84.7 Å². The molecule has 2 aromatic heterocycles. The van der Waals surface area contributed by atoms with Crippen LogP contribution in [0.3, 0.4) is 0 Å². The molecule has 0 amide bonds. The Bertz CT molecular complexity index is 1150. The van der Waals surface area contributed by atoms with Gasteiger partial charge in [-0.15, -0.1) is 5.10 Å². The molecule has 31 heavy (non-hydrogen) atoms. The largest absolute Gasteiger partial charge is 0.350 e. The van der Waals surface area contributed by atoms with Gasteiger partial charge in [0.15, 0.2) is 0 Å². The first kappa shape index (κ1) is 20.3. The number of aromatic nitrogens is 4. The number of nitrogens with one attached hydrogen (secondary N) is 2. The van der Waals surface area contributed by atoms with Gasteiger partial charge in [-0.05, 0) is 37.1 Å². The predicted octanol–water partition coefficient (Wildman–Crippen LogP) is 4.20. The molecule has 2 aromatic carbocycles. The number of rotatable bonds is 7. The Kier molecular flexibility index (Phi) is 6.03. The highest BCUT2D eigenvalue weighted by Gasteiger charge is 2.18. The van der Waals surface area contributed by atoms with Gasteiger partial charge in [-0.2, -0.15) is 9.67 Å². The van der Waals surface area contributed by atoms with Crippen molar-refractivity contribution in [1.29, 1.82) is 0 Å². The highest BCUT2D eigenvalue weighted by Crippen LogP contribution is 2.15. The molecule has 0 saturated heterocycles. The molecule has 4 rings (SSSR count). The van der Waals surface area contributed by atoms with E-state index in [9.17, 15) is 4.79 Å². The fourth-order valence-electron chi connectivity index (χ4n) is 3.03. The van der Waals surface area contributed by atoms with Gasteiger partial charge in [-0.1, -0.05) is 59.7 Å². The Labute approximate surface area is 181 Å². The van der Waals surface area contributed by atoms with Crippen LogP contribution in [0.25, 0.3) is 0 Å². The Hall–Kier alpha value is -4.00. The van der Waals surface area contributed by atoms with Crippen LogP contribution < -0.4 is 10.6 Å². The van der Waals surface area contributed by atoms with E-state index in [0.29, 0.717) is 30.5 Å². The highest BCUT2D eigenvalue weighted by molar-refractivity contribution is 5.96. The second kappa shape index (κ2) is 9.21. The normalized spacial score (nSPS) is 10.6. The molecular formula is C24H24N6O. The van der Waals surface area contributed by atoms with Crippen molar-refractivity contribution < 1.29 is 4.79 Å². The summed E-state index contributed by atoms with van der Waals surface area (Å²) in [6, 6.07) is 19.8. The molecule has 0 radical (unpaired) electrons. The standard InChI is InChI=1S/C24H24N6O/c1-17-5-9-19(10-6-17)14-26-23-28-24(27-15-20-11-7-18(2)8-12-20)30(29-23)22(31)21-4-3-13-25-16-21/h3-13,16H,14-15H2,1-2H3,(H2,26,27,28,29). The molecule has 0 saturated carbocycles. The van der Waals surface area contributed by atoms with Crippen LogP contribution in [-0.2, 0) is 13.1 Å². The van der Waals surface area contributed by atoms with Crippen LogP contribution in [0.4, 0.5) is 11.9 Å². The average Bonchev–Trinajstić information content (AvgIpc) is 3.21. The third kappa shape index (κ3) is 5.14. The molecule has 0 spiro atoms. The first-order chi connectivity index (χ1) is 15.1. The summed E-state index contributed by atoms with van der Waals surface area (Å²) in [6.07, 6.45) is 3.15. The molecule has 156 valence electrons. The molecule has 0 aliphatic carbocycles. The molecule has 4 aromatic rings. The molecule has 2 heterocycles. The second-order valence-electron chi connectivity index (χ2n) is 7.40. The number of carbonyl (C=O) groups excluding carboxylic acids is 1. The summed E-state index contributed by atoms with van der Waals surface area (Å²) < 4.78 is 1.28. The van der Waals surface area contributed by atoms with Crippen molar-refractivity contribution >= 4 is 17.8 Å². The van der Waals surface area contributed by atoms with Crippen LogP contribution in [0.5, 0.6) is 0 Å². The number of pyridine rings is 1. The first-order valence-corrected chi connectivity index (χ1v) is 10.1. The molecule has 0 fully saturated rings. The minimum absolute atomic E-state index is 0.296. The maximum Gasteiger partial charge on any atom is 0.283 e.